The molecule has 0 saturated heterocycles. The summed E-state index contributed by atoms with van der Waals surface area (Å²) in [6, 6.07) is 0. The van der Waals surface area contributed by atoms with Crippen LogP contribution in [0.2, 0.25) is 0 Å². The number of aliphatic hydroxyl groups is 1. The third-order valence-electron chi connectivity index (χ3n) is 3.80. The highest BCUT2D eigenvalue weighted by Gasteiger charge is 2.25. The molecule has 114 valence electrons. The highest BCUT2D eigenvalue weighted by atomic mass is 79.9. The van der Waals surface area contributed by atoms with Crippen molar-refractivity contribution in [3.05, 3.63) is 10.8 Å². The monoisotopic (exact) mass is 344 g/mol. The molecule has 0 bridgehead atoms. The molecule has 0 aliphatic rings. The minimum absolute atomic E-state index is 0.0958. The van der Waals surface area contributed by atoms with Crippen molar-refractivity contribution in [2.24, 2.45) is 5.41 Å². The van der Waals surface area contributed by atoms with Crippen LogP contribution in [-0.2, 0) is 0 Å². The van der Waals surface area contributed by atoms with Crippen LogP contribution in [0.3, 0.4) is 0 Å². The number of hydrogen-bond donors (Lipinski definition) is 3. The van der Waals surface area contributed by atoms with Crippen LogP contribution >= 0.6 is 15.9 Å². The van der Waals surface area contributed by atoms with Gasteiger partial charge in [0.05, 0.1) is 6.61 Å². The molecular formula is C14H25BrN4O. The zero-order valence-corrected chi connectivity index (χ0v) is 14.1. The van der Waals surface area contributed by atoms with E-state index in [2.05, 4.69) is 57.3 Å². The molecular weight excluding hydrogens is 320 g/mol. The van der Waals surface area contributed by atoms with Gasteiger partial charge in [0.1, 0.15) is 22.4 Å². The lowest BCUT2D eigenvalue weighted by atomic mass is 9.83. The van der Waals surface area contributed by atoms with Gasteiger partial charge in [0.25, 0.3) is 0 Å². The molecule has 6 heteroatoms. The zero-order chi connectivity index (χ0) is 15.0. The number of rotatable bonds is 9. The molecule has 0 radical (unpaired) electrons. The molecule has 0 aromatic carbocycles. The molecule has 5 nitrogen and oxygen atoms in total. The minimum Gasteiger partial charge on any atom is -0.396 e. The van der Waals surface area contributed by atoms with Gasteiger partial charge in [-0.15, -0.1) is 0 Å². The number of halogens is 1. The molecule has 0 aliphatic heterocycles. The predicted octanol–water partition coefficient (Wildman–Crippen LogP) is 3.27. The normalized spacial score (nSPS) is 11.4. The first-order chi connectivity index (χ1) is 9.62. The van der Waals surface area contributed by atoms with E-state index >= 15 is 0 Å². The SMILES string of the molecule is CCCNc1ncnc(NCC(CC)(CC)CO)c1Br. The second kappa shape index (κ2) is 8.42. The topological polar surface area (TPSA) is 70.1 Å². The minimum atomic E-state index is -0.0958. The fourth-order valence-corrected chi connectivity index (χ4v) is 2.40. The summed E-state index contributed by atoms with van der Waals surface area (Å²) < 4.78 is 0.840. The average Bonchev–Trinajstić information content (AvgIpc) is 2.49. The molecule has 0 aliphatic carbocycles. The second-order valence-corrected chi connectivity index (χ2v) is 5.82. The Morgan fingerprint density at radius 3 is 2.25 bits per heavy atom. The summed E-state index contributed by atoms with van der Waals surface area (Å²) in [7, 11) is 0. The summed E-state index contributed by atoms with van der Waals surface area (Å²) in [6.45, 7) is 8.06. The van der Waals surface area contributed by atoms with Crippen molar-refractivity contribution >= 4 is 27.6 Å². The van der Waals surface area contributed by atoms with Gasteiger partial charge in [-0.2, -0.15) is 0 Å². The van der Waals surface area contributed by atoms with Gasteiger partial charge in [-0.05, 0) is 35.2 Å². The smallest absolute Gasteiger partial charge is 0.145 e. The number of nitrogens with zero attached hydrogens (tertiary/aromatic N) is 2. The van der Waals surface area contributed by atoms with Crippen LogP contribution in [0.1, 0.15) is 40.0 Å². The van der Waals surface area contributed by atoms with Gasteiger partial charge < -0.3 is 15.7 Å². The highest BCUT2D eigenvalue weighted by Crippen LogP contribution is 2.30. The lowest BCUT2D eigenvalue weighted by Crippen LogP contribution is -2.32. The standard InChI is InChI=1S/C14H25BrN4O/c1-4-7-16-12-11(15)13(19-10-18-12)17-8-14(5-2,6-3)9-20/h10,20H,4-9H2,1-3H3,(H2,16,17,18,19). The summed E-state index contributed by atoms with van der Waals surface area (Å²) in [5, 5.41) is 16.2. The molecule has 1 rings (SSSR count). The van der Waals surface area contributed by atoms with Gasteiger partial charge in [0, 0.05) is 18.5 Å². The van der Waals surface area contributed by atoms with Crippen molar-refractivity contribution in [2.75, 3.05) is 30.3 Å². The lowest BCUT2D eigenvalue weighted by molar-refractivity contribution is 0.127. The van der Waals surface area contributed by atoms with Crippen molar-refractivity contribution < 1.29 is 5.11 Å². The van der Waals surface area contributed by atoms with Gasteiger partial charge in [-0.3, -0.25) is 0 Å². The maximum absolute atomic E-state index is 9.60. The molecule has 0 spiro atoms. The van der Waals surface area contributed by atoms with Gasteiger partial charge in [-0.1, -0.05) is 20.8 Å². The van der Waals surface area contributed by atoms with Gasteiger partial charge >= 0.3 is 0 Å². The molecule has 0 atom stereocenters. The van der Waals surface area contributed by atoms with Crippen LogP contribution in [0.4, 0.5) is 11.6 Å². The molecule has 1 aromatic heterocycles. The third kappa shape index (κ3) is 4.31. The summed E-state index contributed by atoms with van der Waals surface area (Å²) >= 11 is 3.53. The quantitative estimate of drug-likeness (QED) is 0.641. The zero-order valence-electron chi connectivity index (χ0n) is 12.5. The van der Waals surface area contributed by atoms with Crippen LogP contribution < -0.4 is 10.6 Å². The Bertz CT molecular complexity index is 402. The Morgan fingerprint density at radius 1 is 1.15 bits per heavy atom. The number of aliphatic hydroxyl groups excluding tert-OH is 1. The van der Waals surface area contributed by atoms with Gasteiger partial charge in [0.2, 0.25) is 0 Å². The van der Waals surface area contributed by atoms with E-state index in [1.54, 1.807) is 6.33 Å². The molecule has 1 aromatic rings. The van der Waals surface area contributed by atoms with E-state index in [0.29, 0.717) is 6.54 Å². The molecule has 3 N–H and O–H groups in total. The summed E-state index contributed by atoms with van der Waals surface area (Å²) in [4.78, 5) is 8.49. The lowest BCUT2D eigenvalue weighted by Gasteiger charge is -2.30. The first-order valence-electron chi connectivity index (χ1n) is 7.21. The maximum Gasteiger partial charge on any atom is 0.145 e. The van der Waals surface area contributed by atoms with E-state index in [1.807, 2.05) is 0 Å². The predicted molar refractivity (Wildman–Crippen MR) is 87.1 cm³/mol. The first kappa shape index (κ1) is 17.2. The fourth-order valence-electron chi connectivity index (χ4n) is 1.91. The summed E-state index contributed by atoms with van der Waals surface area (Å²) in [6.07, 6.45) is 4.44. The summed E-state index contributed by atoms with van der Waals surface area (Å²) in [5.41, 5.74) is -0.0958. The van der Waals surface area contributed by atoms with Gasteiger partial charge in [0.15, 0.2) is 0 Å². The highest BCUT2D eigenvalue weighted by molar-refractivity contribution is 9.10. The molecule has 1 heterocycles. The Balaban J connectivity index is 2.77. The summed E-state index contributed by atoms with van der Waals surface area (Å²) in [5.74, 6) is 1.56. The van der Waals surface area contributed by atoms with E-state index in [4.69, 9.17) is 0 Å². The molecule has 0 saturated carbocycles. The number of anilines is 2. The Morgan fingerprint density at radius 2 is 1.75 bits per heavy atom. The average molecular weight is 345 g/mol. The maximum atomic E-state index is 9.60. The number of nitrogens with one attached hydrogen (secondary N) is 2. The van der Waals surface area contributed by atoms with Gasteiger partial charge in [-0.25, -0.2) is 9.97 Å². The first-order valence-corrected chi connectivity index (χ1v) is 8.00. The van der Waals surface area contributed by atoms with Crippen molar-refractivity contribution in [3.8, 4) is 0 Å². The molecule has 0 amide bonds. The molecule has 0 fully saturated rings. The van der Waals surface area contributed by atoms with Crippen LogP contribution in [0.15, 0.2) is 10.8 Å². The van der Waals surface area contributed by atoms with E-state index < -0.39 is 0 Å². The van der Waals surface area contributed by atoms with Crippen LogP contribution in [0, 0.1) is 5.41 Å². The van der Waals surface area contributed by atoms with E-state index in [9.17, 15) is 5.11 Å². The van der Waals surface area contributed by atoms with Crippen molar-refractivity contribution in [1.29, 1.82) is 0 Å². The van der Waals surface area contributed by atoms with Crippen LogP contribution in [0.5, 0.6) is 0 Å². The van der Waals surface area contributed by atoms with E-state index in [1.165, 1.54) is 0 Å². The number of aromatic nitrogens is 2. The van der Waals surface area contributed by atoms with Crippen molar-refractivity contribution in [3.63, 3.8) is 0 Å². The second-order valence-electron chi connectivity index (χ2n) is 5.03. The van der Waals surface area contributed by atoms with Crippen molar-refractivity contribution in [2.45, 2.75) is 40.0 Å². The van der Waals surface area contributed by atoms with E-state index in [-0.39, 0.29) is 12.0 Å². The van der Waals surface area contributed by atoms with Crippen molar-refractivity contribution in [1.82, 2.24) is 9.97 Å². The molecule has 0 unspecified atom stereocenters. The van der Waals surface area contributed by atoms with Crippen LogP contribution in [0.25, 0.3) is 0 Å². The molecule has 20 heavy (non-hydrogen) atoms. The van der Waals surface area contributed by atoms with Crippen LogP contribution in [-0.4, -0.2) is 34.8 Å². The third-order valence-corrected chi connectivity index (χ3v) is 4.55. The number of hydrogen-bond acceptors (Lipinski definition) is 5. The Hall–Kier alpha value is -0.880. The van der Waals surface area contributed by atoms with E-state index in [0.717, 1.165) is 41.9 Å². The Labute approximate surface area is 129 Å². The Kier molecular flexibility index (Phi) is 7.23. The fraction of sp³-hybridized carbons (Fsp3) is 0.714. The largest absolute Gasteiger partial charge is 0.396 e.